The van der Waals surface area contributed by atoms with Crippen LogP contribution in [0.4, 0.5) is 18.0 Å². The van der Waals surface area contributed by atoms with Gasteiger partial charge in [-0.1, -0.05) is 94.2 Å². The van der Waals surface area contributed by atoms with Crippen molar-refractivity contribution in [3.8, 4) is 0 Å². The molecule has 1 aromatic rings. The van der Waals surface area contributed by atoms with Crippen LogP contribution in [0, 0.1) is 30.1 Å². The lowest BCUT2D eigenvalue weighted by molar-refractivity contribution is -0.150. The molecule has 5 unspecified atom stereocenters. The van der Waals surface area contributed by atoms with E-state index in [1.807, 2.05) is 6.92 Å². The number of thiazole rings is 1. The minimum Gasteiger partial charge on any atom is -0.457 e. The number of ether oxygens (including phenoxy) is 3. The lowest BCUT2D eigenvalue weighted by Crippen LogP contribution is -2.44. The summed E-state index contributed by atoms with van der Waals surface area (Å²) in [5.74, 6) is -2.78. The second kappa shape index (κ2) is 18.4. The summed E-state index contributed by atoms with van der Waals surface area (Å²) in [6.45, 7) is 18.3. The Kier molecular flexibility index (Phi) is 16.7. The van der Waals surface area contributed by atoms with E-state index in [0.29, 0.717) is 23.8 Å². The first-order valence-electron chi connectivity index (χ1n) is 14.8. The third kappa shape index (κ3) is 14.4. The van der Waals surface area contributed by atoms with Crippen molar-refractivity contribution in [3.63, 3.8) is 0 Å². The van der Waals surface area contributed by atoms with Crippen molar-refractivity contribution in [3.05, 3.63) is 58.6 Å². The van der Waals surface area contributed by atoms with E-state index in [1.165, 1.54) is 11.3 Å². The largest absolute Gasteiger partial charge is 0.508 e. The average Bonchev–Trinajstić information content (AvgIpc) is 3.36. The van der Waals surface area contributed by atoms with Gasteiger partial charge < -0.3 is 14.2 Å². The molecule has 264 valence electrons. The van der Waals surface area contributed by atoms with Gasteiger partial charge in [-0.3, -0.25) is 9.59 Å². The van der Waals surface area contributed by atoms with Gasteiger partial charge in [-0.05, 0) is 43.8 Å². The monoisotopic (exact) mass is 743 g/mol. The molecule has 1 rings (SSSR count). The van der Waals surface area contributed by atoms with Gasteiger partial charge in [-0.25, -0.2) is 9.78 Å². The van der Waals surface area contributed by atoms with E-state index < -0.39 is 63.7 Å². The van der Waals surface area contributed by atoms with Crippen LogP contribution in [0.15, 0.2) is 47.9 Å². The quantitative estimate of drug-likeness (QED) is 0.0679. The summed E-state index contributed by atoms with van der Waals surface area (Å²) in [5.41, 5.74) is -1.01. The molecule has 0 radical (unpaired) electrons. The smallest absolute Gasteiger partial charge is 0.457 e. The summed E-state index contributed by atoms with van der Waals surface area (Å²) in [7, 11) is 0. The fraction of sp³-hybridized carbons (Fsp3) is 0.576. The van der Waals surface area contributed by atoms with Crippen LogP contribution >= 0.6 is 46.1 Å². The molecule has 0 aromatic carbocycles. The predicted octanol–water partition coefficient (Wildman–Crippen LogP) is 10.2. The first-order chi connectivity index (χ1) is 21.5. The molecule has 0 aliphatic heterocycles. The number of carbonyl (C=O) groups is 3. The normalized spacial score (nSPS) is 16.4. The van der Waals surface area contributed by atoms with E-state index in [4.69, 9.17) is 49.0 Å². The van der Waals surface area contributed by atoms with Crippen LogP contribution in [0.3, 0.4) is 0 Å². The van der Waals surface area contributed by atoms with Gasteiger partial charge in [0.25, 0.3) is 0 Å². The second-order valence-corrected chi connectivity index (χ2v) is 15.6. The number of ketones is 1. The van der Waals surface area contributed by atoms with Gasteiger partial charge in [0.2, 0.25) is 3.79 Å². The summed E-state index contributed by atoms with van der Waals surface area (Å²) in [5, 5.41) is 2.58. The number of Topliss-reactive ketones (excluding diaryl/α,β-unsaturated/α-hetero) is 1. The maximum Gasteiger partial charge on any atom is 0.508 e. The zero-order valence-electron chi connectivity index (χ0n) is 27.6. The van der Waals surface area contributed by atoms with Crippen molar-refractivity contribution in [1.82, 2.24) is 4.98 Å². The third-order valence-corrected chi connectivity index (χ3v) is 8.94. The van der Waals surface area contributed by atoms with Gasteiger partial charge >= 0.3 is 18.3 Å². The van der Waals surface area contributed by atoms with Crippen molar-refractivity contribution >= 4 is 70.1 Å². The van der Waals surface area contributed by atoms with E-state index >= 15 is 0 Å². The van der Waals surface area contributed by atoms with Gasteiger partial charge in [-0.15, -0.1) is 17.9 Å². The molecule has 0 aliphatic carbocycles. The Labute approximate surface area is 294 Å². The standard InChI is InChI=1S/C33H43Cl3F3NO6S/c1-10-12-19(3)28(46-30(43)44-18-32(34,35)36)22(6)29(42)31(8,9)21(5)16-27(41)45-26(14-13-24(11-2)33(37,38)39)20(4)15-25-17-47-23(7)40-25/h10-11,13,15,17,19,21-22,26,28H,1-2,12,14,16,18H2,3-9H3/b20-15+,24-13-. The second-order valence-electron chi connectivity index (χ2n) is 12.0. The van der Waals surface area contributed by atoms with E-state index in [2.05, 4.69) is 18.1 Å². The number of hydrogen-bond donors (Lipinski definition) is 0. The van der Waals surface area contributed by atoms with Crippen LogP contribution in [0.1, 0.15) is 71.5 Å². The zero-order valence-corrected chi connectivity index (χ0v) is 30.7. The summed E-state index contributed by atoms with van der Waals surface area (Å²) in [6, 6.07) is 0. The molecular weight excluding hydrogens is 702 g/mol. The fourth-order valence-electron chi connectivity index (χ4n) is 4.73. The molecule has 0 spiro atoms. The maximum atomic E-state index is 13.9. The molecule has 1 aromatic heterocycles. The topological polar surface area (TPSA) is 91.8 Å². The Hall–Kier alpha value is -2.34. The highest BCUT2D eigenvalue weighted by Crippen LogP contribution is 2.37. The molecule has 0 bridgehead atoms. The van der Waals surface area contributed by atoms with Crippen molar-refractivity contribution in [2.24, 2.45) is 23.2 Å². The zero-order chi connectivity index (χ0) is 36.3. The van der Waals surface area contributed by atoms with Crippen LogP contribution in [0.2, 0.25) is 0 Å². The van der Waals surface area contributed by atoms with Crippen LogP contribution in [0.5, 0.6) is 0 Å². The Bertz CT molecular complexity index is 1320. The molecule has 0 fully saturated rings. The van der Waals surface area contributed by atoms with E-state index in [9.17, 15) is 27.6 Å². The summed E-state index contributed by atoms with van der Waals surface area (Å²) in [6.07, 6.45) is -2.89. The lowest BCUT2D eigenvalue weighted by atomic mass is 9.69. The van der Waals surface area contributed by atoms with Crippen LogP contribution in [0.25, 0.3) is 6.08 Å². The number of nitrogens with zero attached hydrogens (tertiary/aromatic N) is 1. The highest BCUT2D eigenvalue weighted by molar-refractivity contribution is 7.09. The Balaban J connectivity index is 3.20. The number of allylic oxidation sites excluding steroid dienone is 3. The van der Waals surface area contributed by atoms with Crippen molar-refractivity contribution in [2.75, 3.05) is 6.61 Å². The Morgan fingerprint density at radius 3 is 2.17 bits per heavy atom. The molecule has 5 atom stereocenters. The molecule has 47 heavy (non-hydrogen) atoms. The van der Waals surface area contributed by atoms with Crippen molar-refractivity contribution in [2.45, 2.75) is 89.9 Å². The number of aryl methyl sites for hydroxylation is 1. The number of rotatable bonds is 17. The van der Waals surface area contributed by atoms with Crippen molar-refractivity contribution < 1.29 is 41.8 Å². The molecule has 0 aliphatic rings. The minimum atomic E-state index is -4.63. The van der Waals surface area contributed by atoms with Crippen LogP contribution in [-0.2, 0) is 23.8 Å². The van der Waals surface area contributed by atoms with Gasteiger partial charge in [0.1, 0.15) is 24.6 Å². The highest BCUT2D eigenvalue weighted by Gasteiger charge is 2.43. The molecule has 0 amide bonds. The summed E-state index contributed by atoms with van der Waals surface area (Å²) in [4.78, 5) is 43.9. The Morgan fingerprint density at radius 2 is 1.68 bits per heavy atom. The SMILES string of the molecule is C=CCC(C)C(OC(=O)OCC(Cl)(Cl)Cl)C(C)C(=O)C(C)(C)C(C)CC(=O)OC(C/C=C(/C=C)C(F)(F)F)/C(C)=C/c1csc(C)n1. The molecule has 0 saturated heterocycles. The van der Waals surface area contributed by atoms with Gasteiger partial charge in [0, 0.05) is 23.6 Å². The number of carbonyl (C=O) groups excluding carboxylic acids is 3. The highest BCUT2D eigenvalue weighted by atomic mass is 35.6. The summed E-state index contributed by atoms with van der Waals surface area (Å²) < 4.78 is 54.4. The predicted molar refractivity (Wildman–Crippen MR) is 182 cm³/mol. The fourth-order valence-corrected chi connectivity index (χ4v) is 5.47. The number of alkyl halides is 6. The van der Waals surface area contributed by atoms with Gasteiger partial charge in [0.15, 0.2) is 0 Å². The average molecular weight is 745 g/mol. The van der Waals surface area contributed by atoms with Crippen LogP contribution < -0.4 is 0 Å². The minimum absolute atomic E-state index is 0.221. The molecule has 0 saturated carbocycles. The van der Waals surface area contributed by atoms with E-state index in [1.54, 1.807) is 59.1 Å². The number of hydrogen-bond acceptors (Lipinski definition) is 8. The molecule has 0 N–H and O–H groups in total. The first-order valence-corrected chi connectivity index (χ1v) is 16.8. The van der Waals surface area contributed by atoms with E-state index in [0.717, 1.165) is 11.1 Å². The van der Waals surface area contributed by atoms with Gasteiger partial charge in [0.05, 0.1) is 22.2 Å². The lowest BCUT2D eigenvalue weighted by Gasteiger charge is -2.36. The number of esters is 1. The third-order valence-electron chi connectivity index (χ3n) is 7.82. The van der Waals surface area contributed by atoms with Crippen LogP contribution in [-0.4, -0.2) is 51.7 Å². The molecule has 7 nitrogen and oxygen atoms in total. The molecule has 14 heteroatoms. The Morgan fingerprint density at radius 1 is 1.06 bits per heavy atom. The van der Waals surface area contributed by atoms with E-state index in [-0.39, 0.29) is 24.5 Å². The molecular formula is C33H43Cl3F3NO6S. The molecule has 1 heterocycles. The first kappa shape index (κ1) is 42.7. The maximum absolute atomic E-state index is 13.9. The summed E-state index contributed by atoms with van der Waals surface area (Å²) >= 11 is 18.4. The number of aromatic nitrogens is 1. The van der Waals surface area contributed by atoms with Gasteiger partial charge in [-0.2, -0.15) is 13.2 Å². The van der Waals surface area contributed by atoms with Crippen molar-refractivity contribution in [1.29, 1.82) is 0 Å². The number of halogens is 6.